The largest absolute Gasteiger partial charge is 0.497 e. The molecule has 3 N–H and O–H groups in total. The molecule has 1 atom stereocenters. The maximum Gasteiger partial charge on any atom is 0.287 e. The number of aromatic nitrogens is 2. The number of aromatic amines is 1. The van der Waals surface area contributed by atoms with E-state index in [1.807, 2.05) is 29.6 Å². The second-order valence-corrected chi connectivity index (χ2v) is 8.88. The van der Waals surface area contributed by atoms with Gasteiger partial charge in [-0.15, -0.1) is 11.3 Å². The maximum atomic E-state index is 12.7. The Hall–Kier alpha value is -3.28. The van der Waals surface area contributed by atoms with E-state index in [1.165, 1.54) is 11.3 Å². The van der Waals surface area contributed by atoms with Gasteiger partial charge in [0.15, 0.2) is 0 Å². The number of H-pyrrole nitrogens is 1. The van der Waals surface area contributed by atoms with Crippen LogP contribution >= 0.6 is 11.3 Å². The van der Waals surface area contributed by atoms with Crippen molar-refractivity contribution in [3.63, 3.8) is 0 Å². The summed E-state index contributed by atoms with van der Waals surface area (Å²) in [7, 11) is 1.58. The normalized spacial score (nSPS) is 15.9. The number of methoxy groups -OCH3 is 1. The molecule has 34 heavy (non-hydrogen) atoms. The topological polar surface area (TPSA) is 126 Å². The summed E-state index contributed by atoms with van der Waals surface area (Å²) in [6.45, 7) is 4.50. The van der Waals surface area contributed by atoms with E-state index in [4.69, 9.17) is 9.47 Å². The first-order valence-electron chi connectivity index (χ1n) is 10.9. The van der Waals surface area contributed by atoms with Crippen LogP contribution in [0.1, 0.15) is 28.7 Å². The molecule has 3 aromatic rings. The van der Waals surface area contributed by atoms with Crippen molar-refractivity contribution in [3.8, 4) is 5.75 Å². The van der Waals surface area contributed by atoms with Crippen LogP contribution in [0.2, 0.25) is 0 Å². The highest BCUT2D eigenvalue weighted by atomic mass is 32.1. The zero-order valence-electron chi connectivity index (χ0n) is 19.1. The first-order valence-corrected chi connectivity index (χ1v) is 11.8. The van der Waals surface area contributed by atoms with E-state index < -0.39 is 5.91 Å². The van der Waals surface area contributed by atoms with Crippen LogP contribution < -0.4 is 20.9 Å². The van der Waals surface area contributed by atoms with Gasteiger partial charge >= 0.3 is 0 Å². The number of carbonyl (C=O) groups is 2. The molecule has 180 valence electrons. The monoisotopic (exact) mass is 485 g/mol. The van der Waals surface area contributed by atoms with Gasteiger partial charge in [-0.3, -0.25) is 14.4 Å². The van der Waals surface area contributed by atoms with Crippen LogP contribution in [-0.2, 0) is 22.7 Å². The lowest BCUT2D eigenvalue weighted by molar-refractivity contribution is -0.130. The van der Waals surface area contributed by atoms with Gasteiger partial charge in [-0.1, -0.05) is 12.1 Å². The van der Waals surface area contributed by atoms with Crippen molar-refractivity contribution in [2.45, 2.75) is 26.1 Å². The molecule has 2 aromatic heterocycles. The molecular formula is C23H27N5O5S. The number of nitrogens with one attached hydrogen (secondary N) is 3. The molecule has 4 rings (SSSR count). The number of nitrogens with zero attached hydrogens (tertiary/aromatic N) is 2. The highest BCUT2D eigenvalue weighted by molar-refractivity contribution is 7.16. The second kappa shape index (κ2) is 10.8. The molecule has 0 spiro atoms. The third-order valence-electron chi connectivity index (χ3n) is 5.60. The smallest absolute Gasteiger partial charge is 0.287 e. The standard InChI is InChI=1S/C23H27N5O5S/c1-14(29)28-7-6-24-17(10-28)12-33-11-16-13-34-23-19(16)21(30)26-20(27-23)22(31)25-9-15-4-3-5-18(8-15)32-2/h3-5,8,13,17,24H,6-7,9-12H2,1-2H3,(H,25,31)(H,26,27,30). The summed E-state index contributed by atoms with van der Waals surface area (Å²) in [4.78, 5) is 46.1. The van der Waals surface area contributed by atoms with Crippen molar-refractivity contribution in [1.82, 2.24) is 25.5 Å². The number of ether oxygens (including phenoxy) is 2. The maximum absolute atomic E-state index is 12.7. The van der Waals surface area contributed by atoms with Crippen LogP contribution in [0.4, 0.5) is 0 Å². The predicted octanol–water partition coefficient (Wildman–Crippen LogP) is 1.26. The molecule has 3 heterocycles. The van der Waals surface area contributed by atoms with Crippen LogP contribution in [0.3, 0.4) is 0 Å². The highest BCUT2D eigenvalue weighted by Crippen LogP contribution is 2.22. The molecule has 0 radical (unpaired) electrons. The van der Waals surface area contributed by atoms with Crippen molar-refractivity contribution in [1.29, 1.82) is 0 Å². The highest BCUT2D eigenvalue weighted by Gasteiger charge is 2.21. The Kier molecular flexibility index (Phi) is 7.56. The summed E-state index contributed by atoms with van der Waals surface area (Å²) in [6.07, 6.45) is 0. The predicted molar refractivity (Wildman–Crippen MR) is 128 cm³/mol. The molecule has 0 bridgehead atoms. The minimum Gasteiger partial charge on any atom is -0.497 e. The van der Waals surface area contributed by atoms with E-state index >= 15 is 0 Å². The lowest BCUT2D eigenvalue weighted by Crippen LogP contribution is -2.53. The van der Waals surface area contributed by atoms with Gasteiger partial charge in [0.2, 0.25) is 11.7 Å². The molecule has 1 unspecified atom stereocenters. The summed E-state index contributed by atoms with van der Waals surface area (Å²) in [5, 5.41) is 8.35. The van der Waals surface area contributed by atoms with E-state index in [9.17, 15) is 14.4 Å². The minimum atomic E-state index is -0.466. The lowest BCUT2D eigenvalue weighted by atomic mass is 10.2. The van der Waals surface area contributed by atoms with Crippen LogP contribution in [0.5, 0.6) is 5.75 Å². The Morgan fingerprint density at radius 3 is 3.00 bits per heavy atom. The van der Waals surface area contributed by atoms with Crippen LogP contribution in [0, 0.1) is 0 Å². The molecule has 1 aliphatic heterocycles. The summed E-state index contributed by atoms with van der Waals surface area (Å²) in [6, 6.07) is 7.40. The molecule has 1 fully saturated rings. The quantitative estimate of drug-likeness (QED) is 0.439. The number of piperazine rings is 1. The summed E-state index contributed by atoms with van der Waals surface area (Å²) < 4.78 is 11.0. The molecule has 11 heteroatoms. The van der Waals surface area contributed by atoms with E-state index in [-0.39, 0.29) is 36.5 Å². The lowest BCUT2D eigenvalue weighted by Gasteiger charge is -2.32. The van der Waals surface area contributed by atoms with Crippen molar-refractivity contribution < 1.29 is 19.1 Å². The van der Waals surface area contributed by atoms with Gasteiger partial charge in [-0.05, 0) is 23.1 Å². The fourth-order valence-corrected chi connectivity index (χ4v) is 4.73. The Bertz CT molecular complexity index is 1240. The van der Waals surface area contributed by atoms with Gasteiger partial charge in [0, 0.05) is 44.7 Å². The third-order valence-corrected chi connectivity index (χ3v) is 6.52. The third kappa shape index (κ3) is 5.61. The number of rotatable bonds is 8. The Morgan fingerprint density at radius 2 is 2.21 bits per heavy atom. The van der Waals surface area contributed by atoms with E-state index in [2.05, 4.69) is 20.6 Å². The molecular weight excluding hydrogens is 458 g/mol. The summed E-state index contributed by atoms with van der Waals surface area (Å²) in [5.41, 5.74) is 1.21. The van der Waals surface area contributed by atoms with Gasteiger partial charge in [0.05, 0.1) is 25.7 Å². The average molecular weight is 486 g/mol. The molecule has 0 saturated carbocycles. The molecule has 1 saturated heterocycles. The number of hydrogen-bond acceptors (Lipinski definition) is 8. The number of benzene rings is 1. The average Bonchev–Trinajstić information content (AvgIpc) is 3.26. The summed E-state index contributed by atoms with van der Waals surface area (Å²) in [5.74, 6) is 0.247. The van der Waals surface area contributed by atoms with Gasteiger partial charge in [0.1, 0.15) is 10.6 Å². The fraction of sp³-hybridized carbons (Fsp3) is 0.391. The second-order valence-electron chi connectivity index (χ2n) is 8.02. The fourth-order valence-electron chi connectivity index (χ4n) is 3.80. The van der Waals surface area contributed by atoms with Gasteiger partial charge < -0.3 is 30.0 Å². The summed E-state index contributed by atoms with van der Waals surface area (Å²) >= 11 is 1.29. The molecule has 10 nitrogen and oxygen atoms in total. The molecule has 0 aliphatic carbocycles. The van der Waals surface area contributed by atoms with Crippen LogP contribution in [0.15, 0.2) is 34.4 Å². The van der Waals surface area contributed by atoms with Gasteiger partial charge in [-0.2, -0.15) is 0 Å². The van der Waals surface area contributed by atoms with E-state index in [0.29, 0.717) is 35.7 Å². The van der Waals surface area contributed by atoms with E-state index in [1.54, 1.807) is 18.9 Å². The van der Waals surface area contributed by atoms with Gasteiger partial charge in [0.25, 0.3) is 11.5 Å². The van der Waals surface area contributed by atoms with Crippen LogP contribution in [0.25, 0.3) is 10.2 Å². The zero-order chi connectivity index (χ0) is 24.1. The number of thiophene rings is 1. The Labute approximate surface area is 200 Å². The van der Waals surface area contributed by atoms with Crippen molar-refractivity contribution >= 4 is 33.4 Å². The number of amides is 2. The molecule has 1 aromatic carbocycles. The first kappa shape index (κ1) is 23.9. The van der Waals surface area contributed by atoms with Crippen molar-refractivity contribution in [2.75, 3.05) is 33.4 Å². The number of carbonyl (C=O) groups excluding carboxylic acids is 2. The SMILES string of the molecule is COc1cccc(CNC(=O)c2nc3scc(COCC4CN(C(C)=O)CCN4)c3c(=O)[nH]2)c1. The van der Waals surface area contributed by atoms with Crippen molar-refractivity contribution in [2.24, 2.45) is 0 Å². The first-order chi connectivity index (χ1) is 16.4. The van der Waals surface area contributed by atoms with E-state index in [0.717, 1.165) is 17.7 Å². The van der Waals surface area contributed by atoms with Crippen LogP contribution in [-0.4, -0.2) is 66.1 Å². The zero-order valence-corrected chi connectivity index (χ0v) is 19.9. The molecule has 2 amide bonds. The van der Waals surface area contributed by atoms with Gasteiger partial charge in [-0.25, -0.2) is 4.98 Å². The van der Waals surface area contributed by atoms with Crippen molar-refractivity contribution in [3.05, 3.63) is 57.0 Å². The molecule has 1 aliphatic rings. The number of fused-ring (bicyclic) bond motifs is 1. The Morgan fingerprint density at radius 1 is 1.35 bits per heavy atom. The minimum absolute atomic E-state index is 0.0366. The number of hydrogen-bond donors (Lipinski definition) is 3. The Balaban J connectivity index is 1.37.